The van der Waals surface area contributed by atoms with Crippen molar-refractivity contribution in [1.29, 1.82) is 0 Å². The third kappa shape index (κ3) is 5.48. The Morgan fingerprint density at radius 3 is 2.52 bits per heavy atom. The average molecular weight is 391 g/mol. The minimum absolute atomic E-state index is 0.148. The molecule has 3 rings (SSSR count). The second-order valence-corrected chi connectivity index (χ2v) is 6.62. The van der Waals surface area contributed by atoms with Gasteiger partial charge in [-0.15, -0.1) is 0 Å². The molecule has 1 aromatic heterocycles. The van der Waals surface area contributed by atoms with E-state index in [4.69, 9.17) is 9.47 Å². The van der Waals surface area contributed by atoms with Crippen molar-refractivity contribution in [1.82, 2.24) is 4.98 Å². The Labute approximate surface area is 170 Å². The van der Waals surface area contributed by atoms with Crippen LogP contribution >= 0.6 is 0 Å². The average Bonchev–Trinajstić information content (AvgIpc) is 2.74. The maximum absolute atomic E-state index is 12.3. The van der Waals surface area contributed by atoms with Gasteiger partial charge in [0.1, 0.15) is 5.82 Å². The summed E-state index contributed by atoms with van der Waals surface area (Å²) in [6.45, 7) is 2.68. The zero-order valence-corrected chi connectivity index (χ0v) is 16.9. The van der Waals surface area contributed by atoms with E-state index in [2.05, 4.69) is 15.6 Å². The zero-order chi connectivity index (χ0) is 20.6. The molecular weight excluding hydrogens is 366 g/mol. The number of nitrogens with zero attached hydrogens (tertiary/aromatic N) is 1. The third-order valence-electron chi connectivity index (χ3n) is 4.47. The first kappa shape index (κ1) is 20.2. The van der Waals surface area contributed by atoms with E-state index < -0.39 is 0 Å². The number of ether oxygens (including phenoxy) is 2. The molecule has 1 amide bonds. The second-order valence-electron chi connectivity index (χ2n) is 6.62. The lowest BCUT2D eigenvalue weighted by Gasteiger charge is -2.11. The number of hydrogen-bond acceptors (Lipinski definition) is 5. The number of pyridine rings is 1. The van der Waals surface area contributed by atoms with E-state index in [0.717, 1.165) is 35.7 Å². The van der Waals surface area contributed by atoms with Crippen molar-refractivity contribution in [3.05, 3.63) is 77.5 Å². The van der Waals surface area contributed by atoms with Gasteiger partial charge < -0.3 is 20.1 Å². The standard InChI is InChI=1S/C23H25N3O3/c1-16-5-4-6-18(13-16)23(27)26-19-8-10-22(25-15-19)24-12-11-17-7-9-20(28-2)21(14-17)29-3/h4-10,13-15H,11-12H2,1-3H3,(H,24,25)(H,26,27). The lowest BCUT2D eigenvalue weighted by Crippen LogP contribution is -2.12. The predicted molar refractivity (Wildman–Crippen MR) is 115 cm³/mol. The topological polar surface area (TPSA) is 72.5 Å². The summed E-state index contributed by atoms with van der Waals surface area (Å²) in [5, 5.41) is 6.15. The highest BCUT2D eigenvalue weighted by atomic mass is 16.5. The molecule has 6 nitrogen and oxygen atoms in total. The summed E-state index contributed by atoms with van der Waals surface area (Å²) in [6.07, 6.45) is 2.46. The molecule has 0 aliphatic carbocycles. The van der Waals surface area contributed by atoms with Crippen LogP contribution in [0, 0.1) is 6.92 Å². The van der Waals surface area contributed by atoms with Crippen LogP contribution in [-0.4, -0.2) is 31.7 Å². The molecule has 0 spiro atoms. The number of rotatable bonds is 8. The Morgan fingerprint density at radius 1 is 1.00 bits per heavy atom. The quantitative estimate of drug-likeness (QED) is 0.598. The Kier molecular flexibility index (Phi) is 6.68. The molecule has 0 unspecified atom stereocenters. The number of benzene rings is 2. The molecule has 2 aromatic carbocycles. The van der Waals surface area contributed by atoms with Crippen molar-refractivity contribution in [2.75, 3.05) is 31.4 Å². The van der Waals surface area contributed by atoms with Gasteiger partial charge in [-0.3, -0.25) is 4.79 Å². The minimum Gasteiger partial charge on any atom is -0.493 e. The fourth-order valence-electron chi connectivity index (χ4n) is 2.93. The molecule has 1 heterocycles. The first-order valence-electron chi connectivity index (χ1n) is 9.38. The van der Waals surface area contributed by atoms with Gasteiger partial charge in [-0.2, -0.15) is 0 Å². The smallest absolute Gasteiger partial charge is 0.255 e. The van der Waals surface area contributed by atoms with Gasteiger partial charge in [0.2, 0.25) is 0 Å². The summed E-state index contributed by atoms with van der Waals surface area (Å²) in [5.41, 5.74) is 3.46. The number of anilines is 2. The maximum atomic E-state index is 12.3. The highest BCUT2D eigenvalue weighted by Crippen LogP contribution is 2.27. The summed E-state index contributed by atoms with van der Waals surface area (Å²) in [7, 11) is 3.25. The molecule has 0 bridgehead atoms. The Bertz CT molecular complexity index is 971. The summed E-state index contributed by atoms with van der Waals surface area (Å²) in [5.74, 6) is 2.04. The van der Waals surface area contributed by atoms with Gasteiger partial charge in [0, 0.05) is 12.1 Å². The molecule has 150 valence electrons. The third-order valence-corrected chi connectivity index (χ3v) is 4.47. The number of carbonyl (C=O) groups excluding carboxylic acids is 1. The predicted octanol–water partition coefficient (Wildman–Crippen LogP) is 4.31. The molecule has 3 aromatic rings. The van der Waals surface area contributed by atoms with E-state index in [9.17, 15) is 4.79 Å². The van der Waals surface area contributed by atoms with Crippen molar-refractivity contribution in [3.8, 4) is 11.5 Å². The van der Waals surface area contributed by atoms with Crippen LogP contribution in [0.15, 0.2) is 60.8 Å². The fourth-order valence-corrected chi connectivity index (χ4v) is 2.93. The van der Waals surface area contributed by atoms with Crippen molar-refractivity contribution >= 4 is 17.4 Å². The van der Waals surface area contributed by atoms with E-state index in [1.807, 2.05) is 55.5 Å². The van der Waals surface area contributed by atoms with Gasteiger partial charge >= 0.3 is 0 Å². The van der Waals surface area contributed by atoms with Gasteiger partial charge in [0.15, 0.2) is 11.5 Å². The summed E-state index contributed by atoms with van der Waals surface area (Å²) < 4.78 is 10.6. The van der Waals surface area contributed by atoms with Gasteiger partial charge in [-0.05, 0) is 55.3 Å². The molecule has 0 atom stereocenters. The molecule has 0 aliphatic rings. The fraction of sp³-hybridized carbons (Fsp3) is 0.217. The van der Waals surface area contributed by atoms with Gasteiger partial charge in [-0.25, -0.2) is 4.98 Å². The molecular formula is C23H25N3O3. The molecule has 0 radical (unpaired) electrons. The Morgan fingerprint density at radius 2 is 1.83 bits per heavy atom. The Balaban J connectivity index is 1.52. The molecule has 0 aliphatic heterocycles. The highest BCUT2D eigenvalue weighted by Gasteiger charge is 2.07. The van der Waals surface area contributed by atoms with Gasteiger partial charge in [0.25, 0.3) is 5.91 Å². The van der Waals surface area contributed by atoms with E-state index in [1.54, 1.807) is 26.5 Å². The minimum atomic E-state index is -0.148. The number of methoxy groups -OCH3 is 2. The lowest BCUT2D eigenvalue weighted by molar-refractivity contribution is 0.102. The van der Waals surface area contributed by atoms with Crippen molar-refractivity contribution in [2.45, 2.75) is 13.3 Å². The largest absolute Gasteiger partial charge is 0.493 e. The Hall–Kier alpha value is -3.54. The van der Waals surface area contributed by atoms with Crippen LogP contribution in [0.3, 0.4) is 0 Å². The lowest BCUT2D eigenvalue weighted by atomic mass is 10.1. The number of carbonyl (C=O) groups is 1. The van der Waals surface area contributed by atoms with Crippen molar-refractivity contribution in [2.24, 2.45) is 0 Å². The van der Waals surface area contributed by atoms with E-state index in [-0.39, 0.29) is 5.91 Å². The number of aryl methyl sites for hydroxylation is 1. The van der Waals surface area contributed by atoms with E-state index in [0.29, 0.717) is 17.0 Å². The normalized spacial score (nSPS) is 10.3. The zero-order valence-electron chi connectivity index (χ0n) is 16.9. The van der Waals surface area contributed by atoms with Crippen LogP contribution in [0.1, 0.15) is 21.5 Å². The first-order chi connectivity index (χ1) is 14.1. The molecule has 0 saturated carbocycles. The molecule has 2 N–H and O–H groups in total. The summed E-state index contributed by atoms with van der Waals surface area (Å²) in [4.78, 5) is 16.7. The van der Waals surface area contributed by atoms with Crippen LogP contribution in [0.25, 0.3) is 0 Å². The van der Waals surface area contributed by atoms with Crippen LogP contribution in [-0.2, 0) is 6.42 Å². The van der Waals surface area contributed by atoms with Crippen molar-refractivity contribution in [3.63, 3.8) is 0 Å². The number of amides is 1. The van der Waals surface area contributed by atoms with Crippen LogP contribution < -0.4 is 20.1 Å². The summed E-state index contributed by atoms with van der Waals surface area (Å²) in [6, 6.07) is 17.0. The van der Waals surface area contributed by atoms with Gasteiger partial charge in [-0.1, -0.05) is 23.8 Å². The molecule has 29 heavy (non-hydrogen) atoms. The van der Waals surface area contributed by atoms with Gasteiger partial charge in [0.05, 0.1) is 26.1 Å². The SMILES string of the molecule is COc1ccc(CCNc2ccc(NC(=O)c3cccc(C)c3)cn2)cc1OC. The monoisotopic (exact) mass is 391 g/mol. The van der Waals surface area contributed by atoms with Crippen LogP contribution in [0.4, 0.5) is 11.5 Å². The van der Waals surface area contributed by atoms with Crippen LogP contribution in [0.5, 0.6) is 11.5 Å². The molecule has 6 heteroatoms. The molecule has 0 saturated heterocycles. The second kappa shape index (κ2) is 9.59. The van der Waals surface area contributed by atoms with Crippen molar-refractivity contribution < 1.29 is 14.3 Å². The van der Waals surface area contributed by atoms with E-state index in [1.165, 1.54) is 0 Å². The summed E-state index contributed by atoms with van der Waals surface area (Å²) >= 11 is 0. The molecule has 0 fully saturated rings. The van der Waals surface area contributed by atoms with E-state index >= 15 is 0 Å². The number of hydrogen-bond donors (Lipinski definition) is 2. The first-order valence-corrected chi connectivity index (χ1v) is 9.38. The highest BCUT2D eigenvalue weighted by molar-refractivity contribution is 6.04. The van der Waals surface area contributed by atoms with Crippen LogP contribution in [0.2, 0.25) is 0 Å². The maximum Gasteiger partial charge on any atom is 0.255 e. The number of aromatic nitrogens is 1. The number of nitrogens with one attached hydrogen (secondary N) is 2.